The van der Waals surface area contributed by atoms with Crippen molar-refractivity contribution in [3.05, 3.63) is 70.6 Å². The van der Waals surface area contributed by atoms with Gasteiger partial charge in [-0.05, 0) is 59.6 Å². The van der Waals surface area contributed by atoms with Gasteiger partial charge in [-0.3, -0.25) is 0 Å². The second kappa shape index (κ2) is 5.31. The minimum atomic E-state index is -0.00648. The average Bonchev–Trinajstić information content (AvgIpc) is 2.89. The topological polar surface area (TPSA) is 25.2 Å². The smallest absolute Gasteiger partial charge is 0.193 e. The molecule has 0 aliphatic heterocycles. The van der Waals surface area contributed by atoms with E-state index in [9.17, 15) is 0 Å². The summed E-state index contributed by atoms with van der Waals surface area (Å²) in [5, 5.41) is 6.22. The van der Waals surface area contributed by atoms with Crippen molar-refractivity contribution in [3.63, 3.8) is 0 Å². The lowest BCUT2D eigenvalue weighted by Crippen LogP contribution is -2.17. The van der Waals surface area contributed by atoms with Gasteiger partial charge in [0, 0.05) is 0 Å². The Morgan fingerprint density at radius 2 is 1.75 bits per heavy atom. The van der Waals surface area contributed by atoms with Gasteiger partial charge in [-0.1, -0.05) is 36.4 Å². The Kier molecular flexibility index (Phi) is 3.51. The second-order valence-electron chi connectivity index (χ2n) is 4.88. The van der Waals surface area contributed by atoms with Crippen LogP contribution in [0, 0.1) is 6.92 Å². The van der Waals surface area contributed by atoms with Gasteiger partial charge in [0.15, 0.2) is 5.22 Å². The zero-order chi connectivity index (χ0) is 14.1. The normalized spacial score (nSPS) is 12.8. The Morgan fingerprint density at radius 3 is 2.40 bits per heavy atom. The Hall–Kier alpha value is -1.77. The molecule has 0 saturated heterocycles. The molecule has 20 heavy (non-hydrogen) atoms. The van der Waals surface area contributed by atoms with Crippen molar-refractivity contribution in [2.45, 2.75) is 13.0 Å². The number of rotatable bonds is 3. The lowest BCUT2D eigenvalue weighted by Gasteiger charge is -2.17. The largest absolute Gasteiger partial charge is 0.448 e. The molecule has 0 aliphatic carbocycles. The van der Waals surface area contributed by atoms with Gasteiger partial charge >= 0.3 is 0 Å². The maximum absolute atomic E-state index is 5.90. The van der Waals surface area contributed by atoms with Crippen molar-refractivity contribution in [1.82, 2.24) is 5.32 Å². The molecule has 2 aromatic carbocycles. The predicted octanol–water partition coefficient (Wildman–Crippen LogP) is 4.70. The number of hydrogen-bond acceptors (Lipinski definition) is 2. The van der Waals surface area contributed by atoms with Crippen molar-refractivity contribution >= 4 is 22.4 Å². The molecule has 0 amide bonds. The number of fused-ring (bicyclic) bond motifs is 1. The zero-order valence-corrected chi connectivity index (χ0v) is 12.2. The molecule has 3 aromatic rings. The quantitative estimate of drug-likeness (QED) is 0.754. The van der Waals surface area contributed by atoms with Crippen molar-refractivity contribution in [2.75, 3.05) is 7.05 Å². The Bertz CT molecular complexity index is 748. The second-order valence-corrected chi connectivity index (χ2v) is 5.25. The van der Waals surface area contributed by atoms with Crippen molar-refractivity contribution in [3.8, 4) is 0 Å². The summed E-state index contributed by atoms with van der Waals surface area (Å²) in [5.74, 6) is 0.825. The van der Waals surface area contributed by atoms with Crippen LogP contribution in [0.2, 0.25) is 5.22 Å². The molecule has 102 valence electrons. The first-order chi connectivity index (χ1) is 9.70. The molecule has 0 spiro atoms. The van der Waals surface area contributed by atoms with Gasteiger partial charge < -0.3 is 9.73 Å². The highest BCUT2D eigenvalue weighted by Crippen LogP contribution is 2.32. The minimum absolute atomic E-state index is 0.00648. The first-order valence-corrected chi connectivity index (χ1v) is 6.99. The minimum Gasteiger partial charge on any atom is -0.448 e. The van der Waals surface area contributed by atoms with Crippen LogP contribution in [0.4, 0.5) is 0 Å². The Balaban J connectivity index is 2.20. The van der Waals surface area contributed by atoms with E-state index in [-0.39, 0.29) is 6.04 Å². The third kappa shape index (κ3) is 2.21. The average molecular weight is 286 g/mol. The van der Waals surface area contributed by atoms with E-state index in [0.717, 1.165) is 5.76 Å². The summed E-state index contributed by atoms with van der Waals surface area (Å²) in [7, 11) is 1.93. The van der Waals surface area contributed by atoms with E-state index >= 15 is 0 Å². The van der Waals surface area contributed by atoms with Crippen LogP contribution in [0.25, 0.3) is 10.8 Å². The van der Waals surface area contributed by atoms with Crippen LogP contribution in [0.5, 0.6) is 0 Å². The number of aryl methyl sites for hydroxylation is 1. The van der Waals surface area contributed by atoms with E-state index in [1.165, 1.54) is 21.9 Å². The molecule has 2 nitrogen and oxygen atoms in total. The summed E-state index contributed by atoms with van der Waals surface area (Å²) in [4.78, 5) is 0. The fourth-order valence-electron chi connectivity index (χ4n) is 2.66. The maximum atomic E-state index is 5.90. The van der Waals surface area contributed by atoms with Gasteiger partial charge in [-0.15, -0.1) is 0 Å². The summed E-state index contributed by atoms with van der Waals surface area (Å²) >= 11 is 5.90. The molecule has 0 bridgehead atoms. The molecule has 0 saturated carbocycles. The van der Waals surface area contributed by atoms with Gasteiger partial charge in [-0.25, -0.2) is 0 Å². The van der Waals surface area contributed by atoms with E-state index < -0.39 is 0 Å². The molecule has 3 heteroatoms. The molecule has 1 heterocycles. The van der Waals surface area contributed by atoms with Gasteiger partial charge in [-0.2, -0.15) is 0 Å². The zero-order valence-electron chi connectivity index (χ0n) is 11.5. The molecule has 1 unspecified atom stereocenters. The van der Waals surface area contributed by atoms with Crippen LogP contribution >= 0.6 is 11.6 Å². The molecule has 1 N–H and O–H groups in total. The van der Waals surface area contributed by atoms with Gasteiger partial charge in [0.2, 0.25) is 0 Å². The standard InChI is InChI=1S/C17H16ClNO/c1-11-7-8-14(13-6-4-3-5-12(11)13)17(19-2)15-9-10-16(18)20-15/h3-10,17,19H,1-2H3. The summed E-state index contributed by atoms with van der Waals surface area (Å²) in [6.45, 7) is 2.13. The predicted molar refractivity (Wildman–Crippen MR) is 83.3 cm³/mol. The van der Waals surface area contributed by atoms with Crippen LogP contribution in [0.1, 0.15) is 22.9 Å². The Labute approximate surface area is 123 Å². The maximum Gasteiger partial charge on any atom is 0.193 e. The fraction of sp³-hybridized carbons (Fsp3) is 0.176. The fourth-order valence-corrected chi connectivity index (χ4v) is 2.81. The van der Waals surface area contributed by atoms with E-state index in [1.807, 2.05) is 13.1 Å². The van der Waals surface area contributed by atoms with Crippen LogP contribution < -0.4 is 5.32 Å². The molecular weight excluding hydrogens is 270 g/mol. The van der Waals surface area contributed by atoms with Crippen LogP contribution in [-0.2, 0) is 0 Å². The summed E-state index contributed by atoms with van der Waals surface area (Å²) in [5.41, 5.74) is 2.47. The number of hydrogen-bond donors (Lipinski definition) is 1. The number of furan rings is 1. The molecule has 1 atom stereocenters. The SMILES string of the molecule is CNC(c1ccc(Cl)o1)c1ccc(C)c2ccccc12. The number of nitrogens with one attached hydrogen (secondary N) is 1. The van der Waals surface area contributed by atoms with Gasteiger partial charge in [0.1, 0.15) is 5.76 Å². The molecule has 1 aromatic heterocycles. The highest BCUT2D eigenvalue weighted by atomic mass is 35.5. The molecule has 0 fully saturated rings. The monoisotopic (exact) mass is 285 g/mol. The van der Waals surface area contributed by atoms with Crippen LogP contribution in [0.15, 0.2) is 52.9 Å². The summed E-state index contributed by atoms with van der Waals surface area (Å²) in [6.07, 6.45) is 0. The molecule has 0 radical (unpaired) electrons. The molecular formula is C17H16ClNO. The van der Waals surface area contributed by atoms with Crippen molar-refractivity contribution in [1.29, 1.82) is 0 Å². The van der Waals surface area contributed by atoms with E-state index in [4.69, 9.17) is 16.0 Å². The number of benzene rings is 2. The lowest BCUT2D eigenvalue weighted by atomic mass is 9.95. The van der Waals surface area contributed by atoms with Crippen LogP contribution in [-0.4, -0.2) is 7.05 Å². The first-order valence-electron chi connectivity index (χ1n) is 6.61. The first kappa shape index (κ1) is 13.2. The molecule has 3 rings (SSSR count). The third-order valence-corrected chi connectivity index (χ3v) is 3.86. The highest BCUT2D eigenvalue weighted by Gasteiger charge is 2.18. The van der Waals surface area contributed by atoms with E-state index in [1.54, 1.807) is 6.07 Å². The van der Waals surface area contributed by atoms with Gasteiger partial charge in [0.25, 0.3) is 0 Å². The van der Waals surface area contributed by atoms with Crippen molar-refractivity contribution in [2.24, 2.45) is 0 Å². The van der Waals surface area contributed by atoms with Gasteiger partial charge in [0.05, 0.1) is 6.04 Å². The van der Waals surface area contributed by atoms with Crippen molar-refractivity contribution < 1.29 is 4.42 Å². The Morgan fingerprint density at radius 1 is 1.00 bits per heavy atom. The third-order valence-electron chi connectivity index (χ3n) is 3.65. The summed E-state index contributed by atoms with van der Waals surface area (Å²) in [6, 6.07) is 16.4. The van der Waals surface area contributed by atoms with E-state index in [0.29, 0.717) is 5.22 Å². The summed E-state index contributed by atoms with van der Waals surface area (Å²) < 4.78 is 5.57. The van der Waals surface area contributed by atoms with E-state index in [2.05, 4.69) is 48.6 Å². The number of halogens is 1. The van der Waals surface area contributed by atoms with Crippen LogP contribution in [0.3, 0.4) is 0 Å². The molecule has 0 aliphatic rings. The highest BCUT2D eigenvalue weighted by molar-refractivity contribution is 6.28. The lowest BCUT2D eigenvalue weighted by molar-refractivity contribution is 0.466.